The molecule has 0 radical (unpaired) electrons. The van der Waals surface area contributed by atoms with Crippen LogP contribution < -0.4 is 5.73 Å². The molecule has 3 aliphatic carbocycles. The van der Waals surface area contributed by atoms with Crippen LogP contribution in [0, 0.1) is 11.3 Å². The second kappa shape index (κ2) is 5.80. The van der Waals surface area contributed by atoms with E-state index in [1.165, 1.54) is 11.1 Å². The third-order valence-corrected chi connectivity index (χ3v) is 83.0. The van der Waals surface area contributed by atoms with Gasteiger partial charge >= 0.3 is 160 Å². The predicted octanol–water partition coefficient (Wildman–Crippen LogP) is 5.20. The summed E-state index contributed by atoms with van der Waals surface area (Å²) in [4.78, 5) is 12.6. The van der Waals surface area contributed by atoms with Gasteiger partial charge in [0.2, 0.25) is 0 Å². The van der Waals surface area contributed by atoms with E-state index in [1.54, 1.807) is 0 Å². The standard InChI is InChI=1S/C9H7.C8H12NO.C2H7Si.2ClH.Hf/c1-2-5-9-7-3-6-8(9)4-1;9-7(10)8-3-1-6(5-8)2-4-8;1-3-2;;;/h1-7H;3,6H,1-2,4-5H2,(H2,9,10);3H,1-2H3;2*1H;/q;;;;;+2/p-2. The van der Waals surface area contributed by atoms with Crippen molar-refractivity contribution >= 4 is 35.1 Å². The fourth-order valence-electron chi connectivity index (χ4n) is 6.11. The Morgan fingerprint density at radius 3 is 2.68 bits per heavy atom. The summed E-state index contributed by atoms with van der Waals surface area (Å²) in [5.41, 5.74) is 8.07. The molecule has 2 saturated carbocycles. The monoisotopic (exact) mass is 562 g/mol. The van der Waals surface area contributed by atoms with Crippen molar-refractivity contribution < 1.29 is 20.1 Å². The Morgan fingerprint density at radius 1 is 1.32 bits per heavy atom. The number of carbonyl (C=O) groups is 1. The summed E-state index contributed by atoms with van der Waals surface area (Å²) >= 11 is -4.48. The van der Waals surface area contributed by atoms with Crippen LogP contribution in [0.15, 0.2) is 30.3 Å². The minimum absolute atomic E-state index is 0.142. The molecule has 0 saturated heterocycles. The van der Waals surface area contributed by atoms with Crippen molar-refractivity contribution in [3.05, 3.63) is 41.5 Å². The molecular weight excluding hydrogens is 536 g/mol. The van der Waals surface area contributed by atoms with Crippen LogP contribution in [0.5, 0.6) is 0 Å². The number of halogens is 2. The normalized spacial score (nSPS) is 34.9. The minimum atomic E-state index is -4.48. The van der Waals surface area contributed by atoms with Crippen LogP contribution in [0.2, 0.25) is 16.8 Å². The molecule has 1 aromatic carbocycles. The molecule has 135 valence electrons. The van der Waals surface area contributed by atoms with E-state index in [0.717, 1.165) is 25.7 Å². The number of hydrogen-bond donors (Lipinski definition) is 1. The van der Waals surface area contributed by atoms with E-state index in [9.17, 15) is 4.79 Å². The second-order valence-electron chi connectivity index (χ2n) is 8.76. The number of allylic oxidation sites excluding steroid dienone is 1. The summed E-state index contributed by atoms with van der Waals surface area (Å²) < 4.78 is 0.292. The van der Waals surface area contributed by atoms with Crippen molar-refractivity contribution in [1.82, 2.24) is 0 Å². The zero-order chi connectivity index (χ0) is 18.1. The first kappa shape index (κ1) is 18.5. The molecule has 2 fully saturated rings. The molecule has 3 aliphatic rings. The summed E-state index contributed by atoms with van der Waals surface area (Å²) in [5.74, 6) is -0.970. The first-order chi connectivity index (χ1) is 11.7. The fraction of sp³-hybridized carbons (Fsp3) is 0.526. The van der Waals surface area contributed by atoms with Gasteiger partial charge in [0.25, 0.3) is 0 Å². The Morgan fingerprint density at radius 2 is 2.04 bits per heavy atom. The van der Waals surface area contributed by atoms with Gasteiger partial charge in [-0.1, -0.05) is 0 Å². The number of nitrogens with two attached hydrogens (primary N) is 1. The van der Waals surface area contributed by atoms with Crippen LogP contribution in [0.25, 0.3) is 6.08 Å². The van der Waals surface area contributed by atoms with Gasteiger partial charge in [0.15, 0.2) is 0 Å². The Balaban J connectivity index is 1.89. The third-order valence-electron chi connectivity index (χ3n) is 7.54. The molecular formula is C19H26Cl2HfNOSi. The summed E-state index contributed by atoms with van der Waals surface area (Å²) in [7, 11) is 15.6. The van der Waals surface area contributed by atoms with Gasteiger partial charge in [0.05, 0.1) is 0 Å². The van der Waals surface area contributed by atoms with Crippen molar-refractivity contribution in [3.63, 3.8) is 0 Å². The molecule has 1 aromatic rings. The van der Waals surface area contributed by atoms with Crippen molar-refractivity contribution in [2.45, 2.75) is 46.1 Å². The molecule has 4 atom stereocenters. The molecule has 2 nitrogen and oxygen atoms in total. The van der Waals surface area contributed by atoms with Crippen LogP contribution in [-0.4, -0.2) is 11.9 Å². The molecule has 6 heteroatoms. The Bertz CT molecular complexity index is 780. The van der Waals surface area contributed by atoms with Gasteiger partial charge in [-0.25, -0.2) is 0 Å². The Hall–Kier alpha value is 0.0970. The first-order valence-corrected chi connectivity index (χ1v) is 31.5. The number of fused-ring (bicyclic) bond motifs is 3. The zero-order valence-corrected chi connectivity index (χ0v) is 21.1. The van der Waals surface area contributed by atoms with Crippen molar-refractivity contribution in [1.29, 1.82) is 0 Å². The average Bonchev–Trinajstić information content (AvgIpc) is 3.28. The summed E-state index contributed by atoms with van der Waals surface area (Å²) in [5, 5.41) is 0. The predicted molar refractivity (Wildman–Crippen MR) is 106 cm³/mol. The summed E-state index contributed by atoms with van der Waals surface area (Å²) in [6.45, 7) is 4.62. The molecule has 2 N–H and O–H groups in total. The SMILES string of the molecule is C[SiH](C)[Hf]([Cl])([Cl])([CH]1C=Cc2ccccc21)[CH]1CC2CCC1(C(N)=O)C2. The van der Waals surface area contributed by atoms with Gasteiger partial charge in [-0.3, -0.25) is 0 Å². The molecule has 0 heterocycles. The van der Waals surface area contributed by atoms with Crippen LogP contribution in [0.3, 0.4) is 0 Å². The quantitative estimate of drug-likeness (QED) is 0.505. The van der Waals surface area contributed by atoms with E-state index < -0.39 is 26.7 Å². The fourth-order valence-corrected chi connectivity index (χ4v) is 52.5. The number of hydrogen-bond acceptors (Lipinski definition) is 1. The van der Waals surface area contributed by atoms with Crippen LogP contribution >= 0.6 is 17.2 Å². The van der Waals surface area contributed by atoms with E-state index in [-0.39, 0.29) is 13.3 Å². The number of benzene rings is 1. The van der Waals surface area contributed by atoms with Gasteiger partial charge in [0.1, 0.15) is 0 Å². The number of amides is 1. The zero-order valence-electron chi connectivity index (χ0n) is 14.8. The van der Waals surface area contributed by atoms with Gasteiger partial charge in [0, 0.05) is 0 Å². The first-order valence-electron chi connectivity index (χ1n) is 9.34. The average molecular weight is 562 g/mol. The van der Waals surface area contributed by atoms with Crippen LogP contribution in [0.1, 0.15) is 40.5 Å². The maximum absolute atomic E-state index is 12.6. The van der Waals surface area contributed by atoms with Gasteiger partial charge < -0.3 is 0 Å². The van der Waals surface area contributed by atoms with Crippen LogP contribution in [0.4, 0.5) is 0 Å². The molecule has 0 aliphatic heterocycles. The molecule has 1 amide bonds. The second-order valence-corrected chi connectivity index (χ2v) is 68.6. The van der Waals surface area contributed by atoms with E-state index in [0.29, 0.717) is 5.92 Å². The summed E-state index contributed by atoms with van der Waals surface area (Å²) in [6, 6.07) is 8.47. The van der Waals surface area contributed by atoms with Crippen molar-refractivity contribution in [2.24, 2.45) is 17.1 Å². The molecule has 4 unspecified atom stereocenters. The van der Waals surface area contributed by atoms with E-state index in [1.807, 2.05) is 0 Å². The van der Waals surface area contributed by atoms with Gasteiger partial charge in [-0.2, -0.15) is 0 Å². The molecule has 4 rings (SSSR count). The van der Waals surface area contributed by atoms with E-state index in [2.05, 4.69) is 49.5 Å². The van der Waals surface area contributed by atoms with Gasteiger partial charge in [-0.05, 0) is 0 Å². The molecule has 0 spiro atoms. The molecule has 0 aromatic heterocycles. The van der Waals surface area contributed by atoms with Crippen molar-refractivity contribution in [3.8, 4) is 0 Å². The molecule has 25 heavy (non-hydrogen) atoms. The topological polar surface area (TPSA) is 43.1 Å². The maximum atomic E-state index is 12.6. The summed E-state index contributed by atoms with van der Waals surface area (Å²) in [6.07, 6.45) is 8.37. The number of carbonyl (C=O) groups excluding carboxylic acids is 1. The number of primary amides is 1. The van der Waals surface area contributed by atoms with E-state index >= 15 is 0 Å². The van der Waals surface area contributed by atoms with E-state index in [4.69, 9.17) is 22.9 Å². The van der Waals surface area contributed by atoms with Crippen molar-refractivity contribution in [2.75, 3.05) is 0 Å². The van der Waals surface area contributed by atoms with Crippen LogP contribution in [-0.2, 0) is 20.1 Å². The Kier molecular flexibility index (Phi) is 4.28. The van der Waals surface area contributed by atoms with Gasteiger partial charge in [-0.15, -0.1) is 0 Å². The number of rotatable bonds is 4. The third kappa shape index (κ3) is 2.33. The molecule has 2 bridgehead atoms. The Labute approximate surface area is 159 Å².